The van der Waals surface area contributed by atoms with Crippen LogP contribution in [-0.2, 0) is 25.4 Å². The average Bonchev–Trinajstić information content (AvgIpc) is 3.72. The average molecular weight is 689 g/mol. The first-order chi connectivity index (χ1) is 23.9. The molecule has 12 heteroatoms. The van der Waals surface area contributed by atoms with E-state index >= 15 is 0 Å². The highest BCUT2D eigenvalue weighted by Gasteiger charge is 2.49. The van der Waals surface area contributed by atoms with Crippen molar-refractivity contribution in [3.05, 3.63) is 90.1 Å². The van der Waals surface area contributed by atoms with Gasteiger partial charge in [-0.1, -0.05) is 81.4 Å². The van der Waals surface area contributed by atoms with Crippen LogP contribution in [0.4, 0.5) is 9.59 Å². The second-order valence-electron chi connectivity index (χ2n) is 14.2. The topological polar surface area (TPSA) is 168 Å². The molecule has 2 fully saturated rings. The normalized spacial score (nSPS) is 21.6. The largest absolute Gasteiger partial charge is 0.465 e. The number of nitrogens with zero attached hydrogens (tertiary/aromatic N) is 1. The number of fused-ring (bicyclic) bond motifs is 1. The Kier molecular flexibility index (Phi) is 12.1. The number of benzene rings is 2. The molecule has 2 aliphatic rings. The quantitative estimate of drug-likeness (QED) is 0.171. The zero-order chi connectivity index (χ0) is 35.8. The van der Waals surface area contributed by atoms with Gasteiger partial charge in [0.15, 0.2) is 6.29 Å². The van der Waals surface area contributed by atoms with Crippen LogP contribution in [0.25, 0.3) is 11.3 Å². The molecule has 3 heterocycles. The van der Waals surface area contributed by atoms with Crippen molar-refractivity contribution in [1.82, 2.24) is 20.9 Å². The van der Waals surface area contributed by atoms with Crippen LogP contribution >= 0.6 is 0 Å². The number of rotatable bonds is 13. The first kappa shape index (κ1) is 36.8. The maximum Gasteiger partial charge on any atom is 0.407 e. The molecule has 12 nitrogen and oxygen atoms in total. The first-order valence-electron chi connectivity index (χ1n) is 17.1. The van der Waals surface area contributed by atoms with Crippen LogP contribution in [0.15, 0.2) is 79.0 Å². The van der Waals surface area contributed by atoms with Gasteiger partial charge in [-0.2, -0.15) is 0 Å². The molecule has 2 aromatic carbocycles. The van der Waals surface area contributed by atoms with E-state index < -0.39 is 47.7 Å². The molecular formula is C38H48N4O8. The molecule has 0 radical (unpaired) electrons. The Hall–Kier alpha value is -4.52. The van der Waals surface area contributed by atoms with E-state index in [0.717, 1.165) is 28.8 Å². The first-order valence-corrected chi connectivity index (χ1v) is 17.1. The number of alkyl carbamates (subject to hydrolysis) is 1. The predicted octanol–water partition coefficient (Wildman–Crippen LogP) is 4.73. The Morgan fingerprint density at radius 1 is 0.940 bits per heavy atom. The lowest BCUT2D eigenvalue weighted by atomic mass is 9.72. The van der Waals surface area contributed by atoms with Crippen molar-refractivity contribution in [2.45, 2.75) is 76.5 Å². The van der Waals surface area contributed by atoms with Gasteiger partial charge in [-0.05, 0) is 53.9 Å². The summed E-state index contributed by atoms with van der Waals surface area (Å²) in [6.07, 6.45) is -0.851. The number of ether oxygens (including phenoxy) is 3. The second-order valence-corrected chi connectivity index (χ2v) is 14.2. The number of aliphatic hydroxyl groups is 1. The molecule has 5 rings (SSSR count). The third kappa shape index (κ3) is 9.17. The van der Waals surface area contributed by atoms with E-state index in [-0.39, 0.29) is 36.9 Å². The molecule has 0 spiro atoms. The van der Waals surface area contributed by atoms with Gasteiger partial charge in [0.1, 0.15) is 6.04 Å². The Labute approximate surface area is 292 Å². The Bertz CT molecular complexity index is 1570. The molecule has 8 atom stereocenters. The van der Waals surface area contributed by atoms with Gasteiger partial charge in [0.25, 0.3) is 0 Å². The van der Waals surface area contributed by atoms with Crippen molar-refractivity contribution in [1.29, 1.82) is 0 Å². The fourth-order valence-electron chi connectivity index (χ4n) is 7.20. The molecule has 0 bridgehead atoms. The number of carbonyl (C=O) groups excluding carboxylic acids is 2. The number of amides is 3. The van der Waals surface area contributed by atoms with Gasteiger partial charge >= 0.3 is 12.2 Å². The van der Waals surface area contributed by atoms with Crippen LogP contribution < -0.4 is 16.0 Å². The summed E-state index contributed by atoms with van der Waals surface area (Å²) in [5.74, 6) is -0.915. The number of nitrogens with one attached hydrogen (secondary N) is 3. The molecule has 1 aromatic heterocycles. The van der Waals surface area contributed by atoms with Crippen molar-refractivity contribution in [3.8, 4) is 11.3 Å². The number of hydrogen-bond donors (Lipinski definition) is 5. The summed E-state index contributed by atoms with van der Waals surface area (Å²) in [5.41, 5.74) is 2.78. The summed E-state index contributed by atoms with van der Waals surface area (Å²) in [6.45, 7) is 6.43. The van der Waals surface area contributed by atoms with Gasteiger partial charge < -0.3 is 40.4 Å². The third-order valence-electron chi connectivity index (χ3n) is 9.71. The highest BCUT2D eigenvalue weighted by Crippen LogP contribution is 2.45. The van der Waals surface area contributed by atoms with Crippen LogP contribution in [0.2, 0.25) is 0 Å². The van der Waals surface area contributed by atoms with Gasteiger partial charge in [-0.3, -0.25) is 9.78 Å². The number of methoxy groups -OCH3 is 1. The lowest BCUT2D eigenvalue weighted by Gasteiger charge is -2.38. The molecule has 0 saturated carbocycles. The van der Waals surface area contributed by atoms with Crippen molar-refractivity contribution in [2.24, 2.45) is 17.3 Å². The highest BCUT2D eigenvalue weighted by atomic mass is 16.7. The Balaban J connectivity index is 1.55. The van der Waals surface area contributed by atoms with Crippen molar-refractivity contribution < 1.29 is 38.8 Å². The van der Waals surface area contributed by atoms with E-state index in [4.69, 9.17) is 14.2 Å². The lowest BCUT2D eigenvalue weighted by Crippen LogP contribution is -2.58. The SMILES string of the molecule is COC(=O)N[C@H](C(=O)N[C@H](C[C@@H](O)[C@H](Cc1ccccc1)NC(=O)O)C(c1ccc(-c2ccccn2)cc1)[C@H]1CO[C@H]2OCC[C@H]21)C(C)(C)C. The number of carboxylic acid groups (broad SMARTS) is 1. The number of hydrogen-bond acceptors (Lipinski definition) is 8. The second kappa shape index (κ2) is 16.5. The third-order valence-corrected chi connectivity index (χ3v) is 9.71. The molecular weight excluding hydrogens is 640 g/mol. The van der Waals surface area contributed by atoms with Crippen LogP contribution in [0.3, 0.4) is 0 Å². The van der Waals surface area contributed by atoms with E-state index in [1.165, 1.54) is 7.11 Å². The lowest BCUT2D eigenvalue weighted by molar-refractivity contribution is -0.126. The summed E-state index contributed by atoms with van der Waals surface area (Å²) >= 11 is 0. The molecule has 5 N–H and O–H groups in total. The van der Waals surface area contributed by atoms with Gasteiger partial charge in [-0.25, -0.2) is 9.59 Å². The fraction of sp³-hybridized carbons (Fsp3) is 0.474. The van der Waals surface area contributed by atoms with Crippen LogP contribution in [-0.4, -0.2) is 84.1 Å². The molecule has 3 aromatic rings. The van der Waals surface area contributed by atoms with Crippen molar-refractivity contribution >= 4 is 18.1 Å². The summed E-state index contributed by atoms with van der Waals surface area (Å²) in [4.78, 5) is 43.1. The molecule has 2 saturated heterocycles. The maximum absolute atomic E-state index is 14.3. The van der Waals surface area contributed by atoms with E-state index in [1.807, 2.05) is 93.6 Å². The van der Waals surface area contributed by atoms with E-state index in [0.29, 0.717) is 13.2 Å². The number of aliphatic hydroxyl groups excluding tert-OH is 1. The van der Waals surface area contributed by atoms with Crippen LogP contribution in [0.5, 0.6) is 0 Å². The smallest absolute Gasteiger partial charge is 0.407 e. The molecule has 50 heavy (non-hydrogen) atoms. The summed E-state index contributed by atoms with van der Waals surface area (Å²) in [5, 5.41) is 30.0. The molecule has 1 unspecified atom stereocenters. The summed E-state index contributed by atoms with van der Waals surface area (Å²) in [6, 6.07) is 20.4. The standard InChI is InChI=1S/C38H48N4O8/c1-38(2,3)33(42-37(47)48-4)34(44)40-30(21-31(43)29(41-36(45)46)20-23-10-6-5-7-11-23)32(27-22-50-35-26(27)17-19-49-35)25-15-13-24(14-16-25)28-12-8-9-18-39-28/h5-16,18,26-27,29-33,35,41,43H,17,19-22H2,1-4H3,(H,40,44)(H,42,47)(H,45,46)/t26-,27-,29-,30+,31+,32?,33+,35+/m0/s1. The van der Waals surface area contributed by atoms with Gasteiger partial charge in [0.05, 0.1) is 38.2 Å². The number of carbonyl (C=O) groups is 3. The molecule has 2 aliphatic heterocycles. The van der Waals surface area contributed by atoms with Crippen molar-refractivity contribution in [3.63, 3.8) is 0 Å². The highest BCUT2D eigenvalue weighted by molar-refractivity contribution is 5.86. The minimum Gasteiger partial charge on any atom is -0.465 e. The Morgan fingerprint density at radius 3 is 2.30 bits per heavy atom. The van der Waals surface area contributed by atoms with Crippen molar-refractivity contribution in [2.75, 3.05) is 20.3 Å². The minimum atomic E-state index is -1.27. The van der Waals surface area contributed by atoms with Crippen LogP contribution in [0, 0.1) is 17.3 Å². The zero-order valence-electron chi connectivity index (χ0n) is 29.0. The van der Waals surface area contributed by atoms with E-state index in [2.05, 4.69) is 20.9 Å². The number of aromatic nitrogens is 1. The zero-order valence-corrected chi connectivity index (χ0v) is 29.0. The molecule has 268 valence electrons. The molecule has 0 aliphatic carbocycles. The monoisotopic (exact) mass is 688 g/mol. The number of pyridine rings is 1. The summed E-state index contributed by atoms with van der Waals surface area (Å²) < 4.78 is 16.9. The van der Waals surface area contributed by atoms with E-state index in [1.54, 1.807) is 6.20 Å². The summed E-state index contributed by atoms with van der Waals surface area (Å²) in [7, 11) is 1.24. The van der Waals surface area contributed by atoms with Crippen LogP contribution in [0.1, 0.15) is 50.7 Å². The molecule has 3 amide bonds. The fourth-order valence-corrected chi connectivity index (χ4v) is 7.20. The van der Waals surface area contributed by atoms with E-state index in [9.17, 15) is 24.6 Å². The predicted molar refractivity (Wildman–Crippen MR) is 186 cm³/mol. The Morgan fingerprint density at radius 2 is 1.66 bits per heavy atom. The van der Waals surface area contributed by atoms with Gasteiger partial charge in [0.2, 0.25) is 5.91 Å². The maximum atomic E-state index is 14.3. The minimum absolute atomic E-state index is 0.00000995. The van der Waals surface area contributed by atoms with Gasteiger partial charge in [0, 0.05) is 29.6 Å². The van der Waals surface area contributed by atoms with Gasteiger partial charge in [-0.15, -0.1) is 0 Å².